The van der Waals surface area contributed by atoms with Gasteiger partial charge in [0.2, 0.25) is 0 Å². The summed E-state index contributed by atoms with van der Waals surface area (Å²) >= 11 is 6.05. The Bertz CT molecular complexity index is 1050. The van der Waals surface area contributed by atoms with E-state index in [1.165, 1.54) is 0 Å². The van der Waals surface area contributed by atoms with E-state index in [9.17, 15) is 4.39 Å². The number of rotatable bonds is 7. The Balaban J connectivity index is 0.00000256. The normalized spacial score (nSPS) is 16.2. The quantitative estimate of drug-likeness (QED) is 0.473. The second kappa shape index (κ2) is 9.92. The van der Waals surface area contributed by atoms with Crippen molar-refractivity contribution in [1.29, 1.82) is 0 Å². The Hall–Kier alpha value is -1.93. The number of nitrogens with zero attached hydrogens (tertiary/aromatic N) is 3. The number of hydrogen-bond donors (Lipinski definition) is 3. The molecule has 1 unspecified atom stereocenters. The fourth-order valence-electron chi connectivity index (χ4n) is 3.69. The molecule has 0 amide bonds. The molecule has 3 heterocycles. The van der Waals surface area contributed by atoms with Crippen molar-refractivity contribution in [2.24, 2.45) is 0 Å². The molecular formula is C21H23ClFN6Na. The molecule has 0 spiro atoms. The van der Waals surface area contributed by atoms with E-state index in [4.69, 9.17) is 11.6 Å². The second-order valence-electron chi connectivity index (χ2n) is 7.28. The van der Waals surface area contributed by atoms with Crippen molar-refractivity contribution < 1.29 is 33.9 Å². The van der Waals surface area contributed by atoms with Crippen molar-refractivity contribution in [2.75, 3.05) is 13.1 Å². The van der Waals surface area contributed by atoms with Gasteiger partial charge < -0.3 is 30.7 Å². The maximum absolute atomic E-state index is 13.8. The largest absolute Gasteiger partial charge is 1.00 e. The van der Waals surface area contributed by atoms with Crippen LogP contribution >= 0.6 is 11.6 Å². The number of H-pyrrole nitrogens is 1. The van der Waals surface area contributed by atoms with Gasteiger partial charge in [-0.3, -0.25) is 0 Å². The minimum atomic E-state index is -0.434. The fraction of sp³-hybridized carbons (Fsp3) is 0.286. The van der Waals surface area contributed by atoms with Gasteiger partial charge in [-0.05, 0) is 37.1 Å². The summed E-state index contributed by atoms with van der Waals surface area (Å²) in [6.07, 6.45) is 3.09. The van der Waals surface area contributed by atoms with Crippen LogP contribution in [0.2, 0.25) is 5.02 Å². The standard InChI is InChI=1S/C21H23ClFN6.Na/c1-13(21-19(23)11-25-28-21)29-7-3-4-17(12-29)26-14(2)24-10-18-9-15-8-16(22)5-6-20(15)27-18;/h5-6,8-9,11,17,24,26-27H,1-4,7,10,12H2;/q-1;+1. The van der Waals surface area contributed by atoms with Gasteiger partial charge in [0.05, 0.1) is 23.8 Å². The van der Waals surface area contributed by atoms with Crippen molar-refractivity contribution in [3.8, 4) is 0 Å². The molecule has 30 heavy (non-hydrogen) atoms. The molecule has 1 aromatic carbocycles. The third-order valence-electron chi connectivity index (χ3n) is 5.14. The maximum Gasteiger partial charge on any atom is 1.00 e. The van der Waals surface area contributed by atoms with Gasteiger partial charge >= 0.3 is 29.6 Å². The first-order chi connectivity index (χ1) is 14.0. The Morgan fingerprint density at radius 2 is 2.20 bits per heavy atom. The van der Waals surface area contributed by atoms with E-state index in [0.29, 0.717) is 18.8 Å². The number of nitrogens with one attached hydrogen (secondary N) is 3. The molecule has 1 saturated heterocycles. The van der Waals surface area contributed by atoms with Crippen LogP contribution in [0.5, 0.6) is 0 Å². The van der Waals surface area contributed by atoms with Crippen LogP contribution in [0, 0.1) is 5.82 Å². The topological polar surface area (TPSA) is 70.1 Å². The Labute approximate surface area is 202 Å². The van der Waals surface area contributed by atoms with Crippen molar-refractivity contribution >= 4 is 28.2 Å². The number of aromatic amines is 1. The van der Waals surface area contributed by atoms with Crippen LogP contribution in [0.1, 0.15) is 24.2 Å². The Kier molecular flexibility index (Phi) is 7.52. The third kappa shape index (κ3) is 5.21. The summed E-state index contributed by atoms with van der Waals surface area (Å²) in [6.45, 7) is 10.2. The Morgan fingerprint density at radius 1 is 1.37 bits per heavy atom. The molecule has 2 aromatic heterocycles. The molecule has 0 saturated carbocycles. The fourth-order valence-corrected chi connectivity index (χ4v) is 3.87. The van der Waals surface area contributed by atoms with E-state index in [1.807, 2.05) is 23.1 Å². The summed E-state index contributed by atoms with van der Waals surface area (Å²) in [4.78, 5) is 5.41. The number of fused-ring (bicyclic) bond motifs is 1. The molecule has 3 aromatic rings. The van der Waals surface area contributed by atoms with Gasteiger partial charge in [0.1, 0.15) is 5.82 Å². The first kappa shape index (κ1) is 22.7. The third-order valence-corrected chi connectivity index (χ3v) is 5.38. The number of aromatic nitrogens is 3. The van der Waals surface area contributed by atoms with Crippen LogP contribution in [0.15, 0.2) is 49.4 Å². The van der Waals surface area contributed by atoms with E-state index in [0.717, 1.165) is 53.0 Å². The molecule has 0 aliphatic carbocycles. The Morgan fingerprint density at radius 3 is 2.97 bits per heavy atom. The predicted octanol–water partition coefficient (Wildman–Crippen LogP) is 0.602. The summed E-state index contributed by atoms with van der Waals surface area (Å²) in [7, 11) is 0. The molecule has 4 rings (SSSR count). The second-order valence-corrected chi connectivity index (χ2v) is 7.71. The number of piperidine rings is 1. The summed E-state index contributed by atoms with van der Waals surface area (Å²) in [5.74, 6) is 0.314. The minimum Gasteiger partial charge on any atom is -0.579 e. The van der Waals surface area contributed by atoms with Crippen molar-refractivity contribution in [2.45, 2.75) is 25.4 Å². The van der Waals surface area contributed by atoms with Crippen molar-refractivity contribution in [3.63, 3.8) is 0 Å². The number of likely N-dealkylation sites (tertiary alicyclic amines) is 1. The molecule has 1 fully saturated rings. The first-order valence-electron chi connectivity index (χ1n) is 9.54. The van der Waals surface area contributed by atoms with E-state index in [2.05, 4.69) is 45.0 Å². The molecule has 3 N–H and O–H groups in total. The zero-order chi connectivity index (χ0) is 20.4. The van der Waals surface area contributed by atoms with Crippen LogP contribution in [0.4, 0.5) is 4.39 Å². The number of halogens is 2. The molecule has 1 atom stereocenters. The first-order valence-corrected chi connectivity index (χ1v) is 9.92. The number of hydrogen-bond acceptors (Lipinski definition) is 4. The van der Waals surface area contributed by atoms with Gasteiger partial charge in [0.25, 0.3) is 0 Å². The van der Waals surface area contributed by atoms with Gasteiger partial charge in [0.15, 0.2) is 0 Å². The van der Waals surface area contributed by atoms with Gasteiger partial charge in [-0.1, -0.05) is 24.8 Å². The average Bonchev–Trinajstić information content (AvgIpc) is 3.31. The summed E-state index contributed by atoms with van der Waals surface area (Å²) < 4.78 is 13.8. The van der Waals surface area contributed by atoms with E-state index in [1.54, 1.807) is 0 Å². The average molecular weight is 437 g/mol. The van der Waals surface area contributed by atoms with E-state index < -0.39 is 5.82 Å². The van der Waals surface area contributed by atoms with E-state index in [-0.39, 0.29) is 41.3 Å². The molecule has 152 valence electrons. The van der Waals surface area contributed by atoms with Gasteiger partial charge in [-0.25, -0.2) is 4.39 Å². The SMILES string of the molecule is C=C(NCc1cc2cc(Cl)ccc2[nH]1)NC1CCCN(C(=C)c2n[n-]cc2F)C1.[Na+]. The smallest absolute Gasteiger partial charge is 0.579 e. The molecule has 9 heteroatoms. The van der Waals surface area contributed by atoms with Gasteiger partial charge in [0, 0.05) is 40.8 Å². The van der Waals surface area contributed by atoms with Crippen LogP contribution in [-0.2, 0) is 6.54 Å². The van der Waals surface area contributed by atoms with Crippen molar-refractivity contribution in [1.82, 2.24) is 30.7 Å². The maximum atomic E-state index is 13.8. The molecule has 6 nitrogen and oxygen atoms in total. The monoisotopic (exact) mass is 436 g/mol. The van der Waals surface area contributed by atoms with Gasteiger partial charge in [-0.2, -0.15) is 0 Å². The molecule has 1 aliphatic heterocycles. The van der Waals surface area contributed by atoms with Crippen molar-refractivity contribution in [3.05, 3.63) is 71.7 Å². The predicted molar refractivity (Wildman–Crippen MR) is 114 cm³/mol. The molecule has 0 bridgehead atoms. The molecular weight excluding hydrogens is 414 g/mol. The van der Waals surface area contributed by atoms with E-state index >= 15 is 0 Å². The zero-order valence-electron chi connectivity index (χ0n) is 17.0. The zero-order valence-corrected chi connectivity index (χ0v) is 19.8. The number of benzene rings is 1. The van der Waals surface area contributed by atoms with Gasteiger partial charge in [-0.15, -0.1) is 6.20 Å². The van der Waals surface area contributed by atoms with Crippen LogP contribution in [-0.4, -0.2) is 34.1 Å². The minimum absolute atomic E-state index is 0. The molecule has 0 radical (unpaired) electrons. The van der Waals surface area contributed by atoms with Crippen LogP contribution in [0.25, 0.3) is 16.6 Å². The summed E-state index contributed by atoms with van der Waals surface area (Å²) in [6, 6.07) is 8.04. The van der Waals surface area contributed by atoms with Crippen LogP contribution in [0.3, 0.4) is 0 Å². The summed E-state index contributed by atoms with van der Waals surface area (Å²) in [5.41, 5.74) is 2.89. The molecule has 1 aliphatic rings. The van der Waals surface area contributed by atoms with Crippen LogP contribution < -0.4 is 45.3 Å². The summed E-state index contributed by atoms with van der Waals surface area (Å²) in [5, 5.41) is 16.0.